The molecule has 1 saturated heterocycles. The Balaban J connectivity index is 0.00000196. The van der Waals surface area contributed by atoms with Crippen molar-refractivity contribution in [2.45, 2.75) is 25.0 Å². The van der Waals surface area contributed by atoms with Gasteiger partial charge in [-0.2, -0.15) is 0 Å². The van der Waals surface area contributed by atoms with E-state index in [1.165, 1.54) is 0 Å². The molecule has 4 rings (SSSR count). The number of nitrogens with zero attached hydrogens (tertiary/aromatic N) is 1. The van der Waals surface area contributed by atoms with Crippen molar-refractivity contribution in [2.75, 3.05) is 11.9 Å². The normalized spacial score (nSPS) is 19.3. The number of nitrogens with two attached hydrogens (primary N) is 1. The maximum atomic E-state index is 12.5. The van der Waals surface area contributed by atoms with Crippen molar-refractivity contribution >= 4 is 45.6 Å². The molecule has 3 aromatic rings. The molecule has 0 spiro atoms. The smallest absolute Gasteiger partial charge is 0.253 e. The van der Waals surface area contributed by atoms with Gasteiger partial charge < -0.3 is 15.8 Å². The number of fused-ring (bicyclic) bond motifs is 1. The number of hydrogen-bond acceptors (Lipinski definition) is 5. The molecule has 0 bridgehead atoms. The Kier molecular flexibility index (Phi) is 5.88. The molecule has 0 unspecified atom stereocenters. The first-order valence-electron chi connectivity index (χ1n) is 8.36. The molecule has 1 aliphatic heterocycles. The molecule has 2 heterocycles. The Hall–Kier alpha value is -1.99. The Morgan fingerprint density at radius 2 is 1.96 bits per heavy atom. The van der Waals surface area contributed by atoms with Gasteiger partial charge in [-0.3, -0.25) is 4.79 Å². The zero-order chi connectivity index (χ0) is 17.2. The van der Waals surface area contributed by atoms with Crippen molar-refractivity contribution in [2.24, 2.45) is 5.73 Å². The number of anilines is 1. The highest BCUT2D eigenvalue weighted by atomic mass is 35.5. The number of carbonyl (C=O) groups is 1. The highest BCUT2D eigenvalue weighted by molar-refractivity contribution is 7.21. The largest absolute Gasteiger partial charge is 0.364 e. The van der Waals surface area contributed by atoms with E-state index in [-0.39, 0.29) is 24.4 Å². The van der Waals surface area contributed by atoms with Crippen LogP contribution < -0.4 is 11.1 Å². The summed E-state index contributed by atoms with van der Waals surface area (Å²) in [5, 5.41) is 3.89. The fraction of sp³-hybridized carbons (Fsp3) is 0.263. The van der Waals surface area contributed by atoms with E-state index in [4.69, 9.17) is 15.5 Å². The summed E-state index contributed by atoms with van der Waals surface area (Å²) in [5.41, 5.74) is 8.27. The second kappa shape index (κ2) is 8.14. The van der Waals surface area contributed by atoms with Crippen LogP contribution in [0, 0.1) is 0 Å². The van der Waals surface area contributed by atoms with Crippen LogP contribution in [0.1, 0.15) is 12.8 Å². The third-order valence-corrected chi connectivity index (χ3v) is 5.44. The van der Waals surface area contributed by atoms with E-state index >= 15 is 0 Å². The number of hydrogen-bond donors (Lipinski definition) is 2. The maximum Gasteiger partial charge on any atom is 0.253 e. The van der Waals surface area contributed by atoms with Crippen LogP contribution in [0.2, 0.25) is 0 Å². The van der Waals surface area contributed by atoms with E-state index in [9.17, 15) is 4.79 Å². The van der Waals surface area contributed by atoms with Gasteiger partial charge in [0.05, 0.1) is 22.0 Å². The third kappa shape index (κ3) is 3.73. The number of amides is 1. The monoisotopic (exact) mass is 389 g/mol. The lowest BCUT2D eigenvalue weighted by Crippen LogP contribution is -2.29. The Morgan fingerprint density at radius 1 is 1.19 bits per heavy atom. The van der Waals surface area contributed by atoms with Crippen molar-refractivity contribution < 1.29 is 9.53 Å². The van der Waals surface area contributed by atoms with E-state index in [0.29, 0.717) is 13.0 Å². The summed E-state index contributed by atoms with van der Waals surface area (Å²) in [6.07, 6.45) is 1.08. The number of carbonyl (C=O) groups excluding carboxylic acids is 1. The summed E-state index contributed by atoms with van der Waals surface area (Å²) in [7, 11) is 0. The predicted octanol–water partition coefficient (Wildman–Crippen LogP) is 3.83. The van der Waals surface area contributed by atoms with Crippen LogP contribution in [-0.2, 0) is 9.53 Å². The molecule has 2 atom stereocenters. The maximum absolute atomic E-state index is 12.5. The van der Waals surface area contributed by atoms with Gasteiger partial charge in [0.15, 0.2) is 0 Å². The lowest BCUT2D eigenvalue weighted by Gasteiger charge is -2.14. The van der Waals surface area contributed by atoms with Gasteiger partial charge in [0.2, 0.25) is 0 Å². The summed E-state index contributed by atoms with van der Waals surface area (Å²) in [5.74, 6) is -0.121. The number of aromatic nitrogens is 1. The summed E-state index contributed by atoms with van der Waals surface area (Å²) < 4.78 is 6.82. The highest BCUT2D eigenvalue weighted by Crippen LogP contribution is 2.34. The Morgan fingerprint density at radius 3 is 2.73 bits per heavy atom. The number of para-hydroxylation sites is 2. The van der Waals surface area contributed by atoms with Gasteiger partial charge in [-0.05, 0) is 37.1 Å². The van der Waals surface area contributed by atoms with Crippen LogP contribution >= 0.6 is 23.7 Å². The highest BCUT2D eigenvalue weighted by Gasteiger charge is 2.30. The van der Waals surface area contributed by atoms with Crippen molar-refractivity contribution in [3.63, 3.8) is 0 Å². The van der Waals surface area contributed by atoms with Gasteiger partial charge in [-0.1, -0.05) is 24.3 Å². The van der Waals surface area contributed by atoms with Gasteiger partial charge in [-0.15, -0.1) is 23.7 Å². The Labute approximate surface area is 162 Å². The molecular weight excluding hydrogens is 370 g/mol. The van der Waals surface area contributed by atoms with E-state index in [1.807, 2.05) is 42.5 Å². The second-order valence-electron chi connectivity index (χ2n) is 6.08. The average molecular weight is 390 g/mol. The van der Waals surface area contributed by atoms with Gasteiger partial charge in [-0.25, -0.2) is 4.98 Å². The fourth-order valence-electron chi connectivity index (χ4n) is 3.05. The van der Waals surface area contributed by atoms with Crippen LogP contribution in [0.15, 0.2) is 48.5 Å². The van der Waals surface area contributed by atoms with Gasteiger partial charge in [0.1, 0.15) is 11.1 Å². The molecule has 1 aliphatic rings. The number of nitrogens with one attached hydrogen (secondary N) is 1. The van der Waals surface area contributed by atoms with Gasteiger partial charge >= 0.3 is 0 Å². The minimum atomic E-state index is -0.433. The van der Waals surface area contributed by atoms with Crippen molar-refractivity contribution in [1.29, 1.82) is 0 Å². The number of benzene rings is 2. The molecular formula is C19H20ClN3O2S. The number of thiazole rings is 1. The lowest BCUT2D eigenvalue weighted by molar-refractivity contribution is -0.126. The number of ether oxygens (including phenoxy) is 1. The molecule has 7 heteroatoms. The number of halogens is 1. The van der Waals surface area contributed by atoms with E-state index in [0.717, 1.165) is 32.9 Å². The first-order valence-corrected chi connectivity index (χ1v) is 9.17. The topological polar surface area (TPSA) is 77.2 Å². The van der Waals surface area contributed by atoms with E-state index < -0.39 is 6.10 Å². The first kappa shape index (κ1) is 18.8. The second-order valence-corrected chi connectivity index (χ2v) is 7.11. The zero-order valence-electron chi connectivity index (χ0n) is 14.1. The molecule has 3 N–H and O–H groups in total. The minimum absolute atomic E-state index is 0. The molecule has 2 aromatic carbocycles. The zero-order valence-corrected chi connectivity index (χ0v) is 15.7. The molecule has 0 radical (unpaired) electrons. The van der Waals surface area contributed by atoms with Crippen LogP contribution in [0.5, 0.6) is 0 Å². The minimum Gasteiger partial charge on any atom is -0.364 e. The third-order valence-electron chi connectivity index (χ3n) is 4.37. The van der Waals surface area contributed by atoms with Crippen molar-refractivity contribution in [3.05, 3.63) is 48.5 Å². The fourth-order valence-corrected chi connectivity index (χ4v) is 4.06. The van der Waals surface area contributed by atoms with E-state index in [1.54, 1.807) is 11.3 Å². The summed E-state index contributed by atoms with van der Waals surface area (Å²) in [4.78, 5) is 17.2. The molecule has 0 aliphatic carbocycles. The Bertz CT molecular complexity index is 881. The predicted molar refractivity (Wildman–Crippen MR) is 108 cm³/mol. The standard InChI is InChI=1S/C19H19N3O2S.ClH/c20-11-12-9-10-16(24-12)18(23)21-14-6-2-1-5-13(14)19-22-15-7-3-4-8-17(15)25-19;/h1-8,12,16H,9-11,20H2,(H,21,23);1H/t12-,16+;/m1./s1. The quantitative estimate of drug-likeness (QED) is 0.710. The summed E-state index contributed by atoms with van der Waals surface area (Å²) in [6.45, 7) is 0.450. The van der Waals surface area contributed by atoms with E-state index in [2.05, 4.69) is 11.4 Å². The molecule has 1 fully saturated rings. The van der Waals surface area contributed by atoms with Gasteiger partial charge in [0.25, 0.3) is 5.91 Å². The van der Waals surface area contributed by atoms with Crippen LogP contribution in [0.25, 0.3) is 20.8 Å². The van der Waals surface area contributed by atoms with Crippen LogP contribution in [0.4, 0.5) is 5.69 Å². The molecule has 26 heavy (non-hydrogen) atoms. The lowest BCUT2D eigenvalue weighted by atomic mass is 10.1. The molecule has 1 amide bonds. The van der Waals surface area contributed by atoms with Crippen molar-refractivity contribution in [1.82, 2.24) is 4.98 Å². The van der Waals surface area contributed by atoms with Crippen molar-refractivity contribution in [3.8, 4) is 10.6 Å². The molecule has 136 valence electrons. The number of rotatable bonds is 4. The van der Waals surface area contributed by atoms with Crippen LogP contribution in [0.3, 0.4) is 0 Å². The summed E-state index contributed by atoms with van der Waals surface area (Å²) >= 11 is 1.62. The molecule has 1 aromatic heterocycles. The van der Waals surface area contributed by atoms with Crippen LogP contribution in [-0.4, -0.2) is 29.6 Å². The van der Waals surface area contributed by atoms with Gasteiger partial charge in [0, 0.05) is 12.1 Å². The average Bonchev–Trinajstić information content (AvgIpc) is 3.29. The summed E-state index contributed by atoms with van der Waals surface area (Å²) in [6, 6.07) is 15.8. The molecule has 5 nitrogen and oxygen atoms in total. The molecule has 0 saturated carbocycles. The first-order chi connectivity index (χ1) is 12.2. The SMILES string of the molecule is Cl.NC[C@H]1CC[C@@H](C(=O)Nc2ccccc2-c2nc3ccccc3s2)O1.